The molecule has 1 fully saturated rings. The second kappa shape index (κ2) is 6.06. The highest BCUT2D eigenvalue weighted by atomic mass is 35.6. The van der Waals surface area contributed by atoms with Gasteiger partial charge in [0.15, 0.2) is 6.29 Å². The van der Waals surface area contributed by atoms with Crippen LogP contribution in [0.1, 0.15) is 0 Å². The summed E-state index contributed by atoms with van der Waals surface area (Å²) in [5.41, 5.74) is 0. The Kier molecular flexibility index (Phi) is 5.45. The van der Waals surface area contributed by atoms with Gasteiger partial charge in [0, 0.05) is 0 Å². The van der Waals surface area contributed by atoms with E-state index in [9.17, 15) is 25.2 Å². The van der Waals surface area contributed by atoms with E-state index in [-0.39, 0.29) is 0 Å². The number of hydrogen-bond donors (Lipinski definition) is 4. The molecule has 1 aliphatic rings. The fraction of sp³-hybridized carbons (Fsp3) is 0.875. The summed E-state index contributed by atoms with van der Waals surface area (Å²) in [7, 11) is 0. The molecule has 0 unspecified atom stereocenters. The van der Waals surface area contributed by atoms with Crippen molar-refractivity contribution in [1.29, 1.82) is 0 Å². The Balaban J connectivity index is 2.55. The first-order chi connectivity index (χ1) is 8.14. The molecule has 0 aromatic heterocycles. The molecule has 0 spiro atoms. The van der Waals surface area contributed by atoms with E-state index in [1.54, 1.807) is 0 Å². The largest absolute Gasteiger partial charge is 0.460 e. The molecule has 5 atom stereocenters. The number of esters is 1. The summed E-state index contributed by atoms with van der Waals surface area (Å²) in [4.78, 5) is 11.1. The van der Waals surface area contributed by atoms with Gasteiger partial charge in [-0.2, -0.15) is 0 Å². The van der Waals surface area contributed by atoms with Crippen molar-refractivity contribution in [3.05, 3.63) is 0 Å². The van der Waals surface area contributed by atoms with Crippen molar-refractivity contribution >= 4 is 40.8 Å². The number of aliphatic hydroxyl groups excluding tert-OH is 4. The van der Waals surface area contributed by atoms with Gasteiger partial charge in [-0.3, -0.25) is 0 Å². The molecule has 1 rings (SSSR count). The fourth-order valence-electron chi connectivity index (χ4n) is 1.31. The molecule has 1 heterocycles. The second-order valence-electron chi connectivity index (χ2n) is 3.63. The Labute approximate surface area is 117 Å². The Hall–Kier alpha value is 0.140. The first-order valence-electron chi connectivity index (χ1n) is 4.76. The number of alkyl halides is 3. The summed E-state index contributed by atoms with van der Waals surface area (Å²) in [6.45, 7) is -0.561. The number of rotatable bonds is 2. The monoisotopic (exact) mass is 324 g/mol. The van der Waals surface area contributed by atoms with E-state index in [1.807, 2.05) is 0 Å². The van der Waals surface area contributed by atoms with Gasteiger partial charge in [0.1, 0.15) is 31.0 Å². The van der Waals surface area contributed by atoms with Crippen LogP contribution in [0.15, 0.2) is 0 Å². The van der Waals surface area contributed by atoms with Crippen molar-refractivity contribution in [2.24, 2.45) is 0 Å². The van der Waals surface area contributed by atoms with Crippen molar-refractivity contribution in [2.75, 3.05) is 6.61 Å². The van der Waals surface area contributed by atoms with Crippen LogP contribution in [-0.4, -0.2) is 67.5 Å². The van der Waals surface area contributed by atoms with Crippen molar-refractivity contribution in [2.45, 2.75) is 34.5 Å². The molecule has 0 radical (unpaired) electrons. The second-order valence-corrected chi connectivity index (χ2v) is 5.91. The molecule has 1 aliphatic heterocycles. The van der Waals surface area contributed by atoms with Gasteiger partial charge in [-0.15, -0.1) is 0 Å². The summed E-state index contributed by atoms with van der Waals surface area (Å²) in [6.07, 6.45) is -7.86. The normalized spacial score (nSPS) is 37.4. The van der Waals surface area contributed by atoms with E-state index in [2.05, 4.69) is 4.74 Å². The predicted octanol–water partition coefficient (Wildman–Crippen LogP) is -1.30. The minimum Gasteiger partial charge on any atom is -0.460 e. The Morgan fingerprint density at radius 2 is 1.67 bits per heavy atom. The number of aliphatic hydroxyl groups is 4. The first-order valence-corrected chi connectivity index (χ1v) is 5.89. The summed E-state index contributed by atoms with van der Waals surface area (Å²) in [5, 5.41) is 37.2. The number of halogens is 3. The predicted molar refractivity (Wildman–Crippen MR) is 60.1 cm³/mol. The molecule has 0 aliphatic carbocycles. The summed E-state index contributed by atoms with van der Waals surface area (Å²) < 4.78 is 6.98. The van der Waals surface area contributed by atoms with Crippen LogP contribution in [0.25, 0.3) is 0 Å². The lowest BCUT2D eigenvalue weighted by Gasteiger charge is -2.37. The molecular formula is C8H11Cl3O7. The third-order valence-corrected chi connectivity index (χ3v) is 2.76. The molecule has 4 N–H and O–H groups in total. The van der Waals surface area contributed by atoms with E-state index in [4.69, 9.17) is 39.5 Å². The van der Waals surface area contributed by atoms with Crippen LogP contribution < -0.4 is 0 Å². The molecule has 7 nitrogen and oxygen atoms in total. The van der Waals surface area contributed by atoms with Crippen LogP contribution >= 0.6 is 34.8 Å². The molecule has 0 aromatic carbocycles. The standard InChI is InChI=1S/C8H11Cl3O7/c9-8(10,11)7(16)17-1-2-3(12)4(13)5(14)6(15)18-2/h2-6,12-15H,1H2/t2-,3-,4+,5-,6+/m1/s1. The van der Waals surface area contributed by atoms with Crippen LogP contribution in [-0.2, 0) is 14.3 Å². The summed E-state index contributed by atoms with van der Waals surface area (Å²) in [6, 6.07) is 0. The van der Waals surface area contributed by atoms with Crippen LogP contribution in [0.2, 0.25) is 0 Å². The molecule has 0 bridgehead atoms. The van der Waals surface area contributed by atoms with Gasteiger partial charge >= 0.3 is 5.97 Å². The lowest BCUT2D eigenvalue weighted by molar-refractivity contribution is -0.287. The van der Waals surface area contributed by atoms with E-state index in [0.717, 1.165) is 0 Å². The summed E-state index contributed by atoms with van der Waals surface area (Å²) >= 11 is 15.7. The smallest absolute Gasteiger partial charge is 0.358 e. The maximum absolute atomic E-state index is 11.1. The quantitative estimate of drug-likeness (QED) is 0.368. The first kappa shape index (κ1) is 16.2. The highest BCUT2D eigenvalue weighted by molar-refractivity contribution is 6.75. The molecular weight excluding hydrogens is 314 g/mol. The molecule has 10 heteroatoms. The lowest BCUT2D eigenvalue weighted by Crippen LogP contribution is -2.58. The zero-order valence-electron chi connectivity index (χ0n) is 8.74. The van der Waals surface area contributed by atoms with Gasteiger partial charge in [0.05, 0.1) is 0 Å². The molecule has 106 valence electrons. The Morgan fingerprint density at radius 3 is 2.17 bits per heavy atom. The number of carbonyl (C=O) groups is 1. The van der Waals surface area contributed by atoms with Crippen LogP contribution in [0, 0.1) is 0 Å². The van der Waals surface area contributed by atoms with Crippen LogP contribution in [0.4, 0.5) is 0 Å². The topological polar surface area (TPSA) is 116 Å². The van der Waals surface area contributed by atoms with Crippen LogP contribution in [0.3, 0.4) is 0 Å². The molecule has 0 aromatic rings. The highest BCUT2D eigenvalue weighted by Gasteiger charge is 2.44. The van der Waals surface area contributed by atoms with Crippen molar-refractivity contribution in [3.8, 4) is 0 Å². The Morgan fingerprint density at radius 1 is 1.11 bits per heavy atom. The zero-order valence-corrected chi connectivity index (χ0v) is 11.0. The molecule has 0 amide bonds. The van der Waals surface area contributed by atoms with Gasteiger partial charge in [0.25, 0.3) is 3.79 Å². The molecule has 18 heavy (non-hydrogen) atoms. The van der Waals surface area contributed by atoms with Crippen molar-refractivity contribution in [3.63, 3.8) is 0 Å². The maximum atomic E-state index is 11.1. The van der Waals surface area contributed by atoms with Gasteiger partial charge in [0.2, 0.25) is 0 Å². The van der Waals surface area contributed by atoms with E-state index in [0.29, 0.717) is 0 Å². The minimum atomic E-state index is -2.28. The third kappa shape index (κ3) is 3.82. The SMILES string of the molecule is O=C(OC[C@H]1O[C@H](O)[C@H](O)[C@@H](O)[C@@H]1O)C(Cl)(Cl)Cl. The highest BCUT2D eigenvalue weighted by Crippen LogP contribution is 2.28. The molecule has 1 saturated heterocycles. The average Bonchev–Trinajstić information content (AvgIpc) is 2.27. The zero-order chi connectivity index (χ0) is 14.1. The van der Waals surface area contributed by atoms with Gasteiger partial charge in [-0.05, 0) is 0 Å². The molecule has 0 saturated carbocycles. The van der Waals surface area contributed by atoms with E-state index < -0.39 is 47.1 Å². The van der Waals surface area contributed by atoms with E-state index >= 15 is 0 Å². The average molecular weight is 326 g/mol. The third-order valence-electron chi connectivity index (χ3n) is 2.30. The van der Waals surface area contributed by atoms with Gasteiger partial charge < -0.3 is 29.9 Å². The fourth-order valence-corrected chi connectivity index (χ4v) is 1.47. The van der Waals surface area contributed by atoms with E-state index in [1.165, 1.54) is 0 Å². The number of hydrogen-bond acceptors (Lipinski definition) is 7. The minimum absolute atomic E-state index is 0.561. The van der Waals surface area contributed by atoms with Gasteiger partial charge in [-0.25, -0.2) is 4.79 Å². The number of carbonyl (C=O) groups excluding carboxylic acids is 1. The number of ether oxygens (including phenoxy) is 2. The van der Waals surface area contributed by atoms with Gasteiger partial charge in [-0.1, -0.05) is 34.8 Å². The van der Waals surface area contributed by atoms with Crippen molar-refractivity contribution in [1.82, 2.24) is 0 Å². The summed E-state index contributed by atoms with van der Waals surface area (Å²) in [5.74, 6) is -1.20. The van der Waals surface area contributed by atoms with Crippen molar-refractivity contribution < 1.29 is 34.7 Å². The maximum Gasteiger partial charge on any atom is 0.358 e. The lowest BCUT2D eigenvalue weighted by atomic mass is 9.99. The Bertz CT molecular complexity index is 308. The van der Waals surface area contributed by atoms with Crippen LogP contribution in [0.5, 0.6) is 0 Å².